The van der Waals surface area contributed by atoms with Crippen molar-refractivity contribution in [1.82, 2.24) is 4.98 Å². The van der Waals surface area contributed by atoms with E-state index in [0.717, 1.165) is 52.9 Å². The molecule has 1 aromatic carbocycles. The third-order valence-corrected chi connectivity index (χ3v) is 6.25. The van der Waals surface area contributed by atoms with Crippen molar-refractivity contribution in [2.45, 2.75) is 42.7 Å². The number of carbonyl (C=O) groups excluding carboxylic acids is 1. The molecule has 1 N–H and O–H groups in total. The second-order valence-corrected chi connectivity index (χ2v) is 8.16. The highest BCUT2D eigenvalue weighted by Crippen LogP contribution is 2.47. The van der Waals surface area contributed by atoms with Crippen LogP contribution in [0, 0.1) is 6.92 Å². The van der Waals surface area contributed by atoms with Gasteiger partial charge in [0.05, 0.1) is 5.75 Å². The summed E-state index contributed by atoms with van der Waals surface area (Å²) in [4.78, 5) is 16.5. The normalized spacial score (nSPS) is 17.4. The first kappa shape index (κ1) is 15.8. The summed E-state index contributed by atoms with van der Waals surface area (Å²) < 4.78 is 12.9. The Bertz CT molecular complexity index is 769. The lowest BCUT2D eigenvalue weighted by molar-refractivity contribution is -0.113. The molecule has 1 aromatic heterocycles. The maximum absolute atomic E-state index is 12.1. The van der Waals surface area contributed by atoms with Gasteiger partial charge in [0.2, 0.25) is 5.91 Å². The molecule has 126 valence electrons. The van der Waals surface area contributed by atoms with Crippen LogP contribution in [-0.4, -0.2) is 22.4 Å². The Balaban J connectivity index is 1.37. The fourth-order valence-electron chi connectivity index (χ4n) is 3.01. The van der Waals surface area contributed by atoms with E-state index in [1.165, 1.54) is 11.8 Å². The van der Waals surface area contributed by atoms with Crippen molar-refractivity contribution in [2.75, 3.05) is 11.1 Å². The molecule has 1 saturated carbocycles. The lowest BCUT2D eigenvalue weighted by atomic mass is 10.2. The van der Waals surface area contributed by atoms with Gasteiger partial charge in [-0.25, -0.2) is 4.98 Å². The van der Waals surface area contributed by atoms with E-state index in [1.807, 2.05) is 30.5 Å². The van der Waals surface area contributed by atoms with Crippen LogP contribution in [-0.2, 0) is 4.79 Å². The number of aryl methyl sites for hydroxylation is 1. The second kappa shape index (κ2) is 6.29. The Hall–Kier alpha value is -1.73. The molecular formula is C17H18N2O3S2. The number of thiazole rings is 1. The first-order chi connectivity index (χ1) is 11.6. The quantitative estimate of drug-likeness (QED) is 0.825. The van der Waals surface area contributed by atoms with E-state index in [1.54, 1.807) is 11.3 Å². The first-order valence-corrected chi connectivity index (χ1v) is 9.85. The Morgan fingerprint density at radius 3 is 2.88 bits per heavy atom. The van der Waals surface area contributed by atoms with Crippen LogP contribution in [0.5, 0.6) is 11.5 Å². The van der Waals surface area contributed by atoms with Crippen LogP contribution in [0.4, 0.5) is 5.69 Å². The van der Waals surface area contributed by atoms with Gasteiger partial charge in [0.25, 0.3) is 5.79 Å². The number of nitrogens with one attached hydrogen (secondary N) is 1. The zero-order chi connectivity index (χ0) is 16.6. The van der Waals surface area contributed by atoms with Gasteiger partial charge >= 0.3 is 0 Å². The highest BCUT2D eigenvalue weighted by molar-refractivity contribution is 8.01. The summed E-state index contributed by atoms with van der Waals surface area (Å²) in [6.07, 6.45) is 4.11. The molecule has 0 unspecified atom stereocenters. The number of carbonyl (C=O) groups is 1. The molecule has 4 rings (SSSR count). The number of aromatic nitrogens is 1. The van der Waals surface area contributed by atoms with Crippen molar-refractivity contribution >= 4 is 34.7 Å². The van der Waals surface area contributed by atoms with Crippen molar-refractivity contribution < 1.29 is 14.3 Å². The largest absolute Gasteiger partial charge is 0.448 e. The van der Waals surface area contributed by atoms with E-state index in [4.69, 9.17) is 9.47 Å². The second-order valence-electron chi connectivity index (χ2n) is 6.08. The lowest BCUT2D eigenvalue weighted by Crippen LogP contribution is -2.34. The van der Waals surface area contributed by atoms with Crippen LogP contribution in [0.25, 0.3) is 0 Å². The Morgan fingerprint density at radius 1 is 1.33 bits per heavy atom. The SMILES string of the molecule is Cc1csc(SCC(=O)Nc2ccc3c(c2)OC2(CCCC2)O3)n1. The number of ether oxygens (including phenoxy) is 2. The van der Waals surface area contributed by atoms with Crippen LogP contribution < -0.4 is 14.8 Å². The summed E-state index contributed by atoms with van der Waals surface area (Å²) in [5.41, 5.74) is 1.72. The average molecular weight is 362 g/mol. The minimum absolute atomic E-state index is 0.0534. The molecule has 1 fully saturated rings. The van der Waals surface area contributed by atoms with Gasteiger partial charge < -0.3 is 14.8 Å². The molecule has 2 aromatic rings. The molecule has 0 saturated heterocycles. The van der Waals surface area contributed by atoms with Crippen LogP contribution >= 0.6 is 23.1 Å². The number of hydrogen-bond acceptors (Lipinski definition) is 6. The van der Waals surface area contributed by atoms with Gasteiger partial charge in [-0.05, 0) is 31.9 Å². The fraction of sp³-hybridized carbons (Fsp3) is 0.412. The van der Waals surface area contributed by atoms with Crippen molar-refractivity contribution in [3.8, 4) is 11.5 Å². The molecule has 5 nitrogen and oxygen atoms in total. The van der Waals surface area contributed by atoms with Crippen LogP contribution in [0.2, 0.25) is 0 Å². The summed E-state index contributed by atoms with van der Waals surface area (Å²) in [5, 5.41) is 4.89. The molecular weight excluding hydrogens is 344 g/mol. The standard InChI is InChI=1S/C17H18N2O3S2/c1-11-9-23-16(18-11)24-10-15(20)19-12-4-5-13-14(8-12)22-17(21-13)6-2-3-7-17/h4-5,8-9H,2-3,6-7,10H2,1H3,(H,19,20). The Labute approximate surface area is 148 Å². The highest BCUT2D eigenvalue weighted by atomic mass is 32.2. The van der Waals surface area contributed by atoms with Gasteiger partial charge in [0.15, 0.2) is 15.8 Å². The summed E-state index contributed by atoms with van der Waals surface area (Å²) in [7, 11) is 0. The van der Waals surface area contributed by atoms with Crippen LogP contribution in [0.1, 0.15) is 31.4 Å². The molecule has 0 atom stereocenters. The molecule has 2 aliphatic rings. The molecule has 7 heteroatoms. The average Bonchev–Trinajstić information content (AvgIpc) is 3.26. The maximum Gasteiger partial charge on any atom is 0.251 e. The van der Waals surface area contributed by atoms with Crippen molar-refractivity contribution in [3.63, 3.8) is 0 Å². The fourth-order valence-corrected chi connectivity index (χ4v) is 4.66. The van der Waals surface area contributed by atoms with E-state index in [2.05, 4.69) is 10.3 Å². The molecule has 1 spiro atoms. The van der Waals surface area contributed by atoms with Gasteiger partial charge in [-0.15, -0.1) is 11.3 Å². The Kier molecular flexibility index (Phi) is 4.14. The molecule has 1 amide bonds. The minimum atomic E-state index is -0.469. The third kappa shape index (κ3) is 3.23. The van der Waals surface area contributed by atoms with Crippen LogP contribution in [0.15, 0.2) is 27.9 Å². The first-order valence-electron chi connectivity index (χ1n) is 7.99. The lowest BCUT2D eigenvalue weighted by Gasteiger charge is -2.21. The number of nitrogens with zero attached hydrogens (tertiary/aromatic N) is 1. The summed E-state index contributed by atoms with van der Waals surface area (Å²) in [6.45, 7) is 1.95. The number of fused-ring (bicyclic) bond motifs is 1. The molecule has 0 bridgehead atoms. The van der Waals surface area contributed by atoms with E-state index in [9.17, 15) is 4.79 Å². The summed E-state index contributed by atoms with van der Waals surface area (Å²) in [6, 6.07) is 5.57. The monoisotopic (exact) mass is 362 g/mol. The van der Waals surface area contributed by atoms with Gasteiger partial charge in [-0.3, -0.25) is 4.79 Å². The minimum Gasteiger partial charge on any atom is -0.448 e. The van der Waals surface area contributed by atoms with E-state index < -0.39 is 5.79 Å². The van der Waals surface area contributed by atoms with Gasteiger partial charge in [-0.2, -0.15) is 0 Å². The molecule has 0 radical (unpaired) electrons. The van der Waals surface area contributed by atoms with Gasteiger partial charge in [0.1, 0.15) is 0 Å². The number of benzene rings is 1. The highest BCUT2D eigenvalue weighted by Gasteiger charge is 2.44. The van der Waals surface area contributed by atoms with Crippen molar-refractivity contribution in [2.24, 2.45) is 0 Å². The number of thioether (sulfide) groups is 1. The van der Waals surface area contributed by atoms with E-state index in [0.29, 0.717) is 5.75 Å². The van der Waals surface area contributed by atoms with Gasteiger partial charge in [-0.1, -0.05) is 11.8 Å². The Morgan fingerprint density at radius 2 is 2.12 bits per heavy atom. The maximum atomic E-state index is 12.1. The summed E-state index contributed by atoms with van der Waals surface area (Å²) >= 11 is 3.01. The zero-order valence-electron chi connectivity index (χ0n) is 13.3. The van der Waals surface area contributed by atoms with Crippen molar-refractivity contribution in [1.29, 1.82) is 0 Å². The van der Waals surface area contributed by atoms with E-state index in [-0.39, 0.29) is 5.91 Å². The predicted molar refractivity (Wildman–Crippen MR) is 95.1 cm³/mol. The van der Waals surface area contributed by atoms with Gasteiger partial charge in [0, 0.05) is 35.7 Å². The van der Waals surface area contributed by atoms with Crippen LogP contribution in [0.3, 0.4) is 0 Å². The predicted octanol–water partition coefficient (Wildman–Crippen LogP) is 4.22. The molecule has 1 aliphatic carbocycles. The topological polar surface area (TPSA) is 60.5 Å². The molecule has 24 heavy (non-hydrogen) atoms. The molecule has 1 aliphatic heterocycles. The summed E-state index contributed by atoms with van der Waals surface area (Å²) in [5.74, 6) is 1.30. The smallest absolute Gasteiger partial charge is 0.251 e. The molecule has 2 heterocycles. The number of amides is 1. The number of rotatable bonds is 4. The third-order valence-electron chi connectivity index (χ3n) is 4.11. The van der Waals surface area contributed by atoms with E-state index >= 15 is 0 Å². The number of hydrogen-bond donors (Lipinski definition) is 1. The van der Waals surface area contributed by atoms with Crippen molar-refractivity contribution in [3.05, 3.63) is 29.3 Å². The zero-order valence-corrected chi connectivity index (χ0v) is 15.0. The number of anilines is 1.